The van der Waals surface area contributed by atoms with Crippen molar-refractivity contribution in [2.75, 3.05) is 31.1 Å². The van der Waals surface area contributed by atoms with Crippen molar-refractivity contribution < 1.29 is 0 Å². The maximum Gasteiger partial charge on any atom is 0.0250 e. The molecule has 0 spiro atoms. The van der Waals surface area contributed by atoms with Crippen molar-refractivity contribution in [3.63, 3.8) is 0 Å². The van der Waals surface area contributed by atoms with Crippen molar-refractivity contribution >= 4 is 11.8 Å². The van der Waals surface area contributed by atoms with E-state index in [4.69, 9.17) is 0 Å². The Balaban J connectivity index is 1.72. The molecular formula is C15H28N2S. The molecule has 0 radical (unpaired) electrons. The van der Waals surface area contributed by atoms with Crippen LogP contribution in [0.5, 0.6) is 0 Å². The molecule has 0 amide bonds. The van der Waals surface area contributed by atoms with Crippen LogP contribution in [-0.4, -0.2) is 59.1 Å². The molecule has 3 aliphatic heterocycles. The van der Waals surface area contributed by atoms with Crippen molar-refractivity contribution in [3.05, 3.63) is 0 Å². The standard InChI is InChI=1S/C15H28N2S/c1-12(2)15-10-16-7-4-3-5-13(16)9-17(15)14-6-8-18-11-14/h12-15H,3-11H2,1-2H3. The first-order valence-corrected chi connectivity index (χ1v) is 8.98. The summed E-state index contributed by atoms with van der Waals surface area (Å²) < 4.78 is 0. The van der Waals surface area contributed by atoms with Crippen LogP contribution in [0, 0.1) is 5.92 Å². The molecule has 0 N–H and O–H groups in total. The zero-order valence-corrected chi connectivity index (χ0v) is 12.8. The molecular weight excluding hydrogens is 240 g/mol. The highest BCUT2D eigenvalue weighted by atomic mass is 32.2. The summed E-state index contributed by atoms with van der Waals surface area (Å²) in [6.45, 7) is 8.90. The summed E-state index contributed by atoms with van der Waals surface area (Å²) in [5, 5.41) is 0. The second-order valence-electron chi connectivity index (χ2n) is 6.67. The molecule has 2 nitrogen and oxygen atoms in total. The predicted octanol–water partition coefficient (Wildman–Crippen LogP) is 2.69. The normalized spacial score (nSPS) is 39.2. The van der Waals surface area contributed by atoms with Crippen LogP contribution in [0.3, 0.4) is 0 Å². The summed E-state index contributed by atoms with van der Waals surface area (Å²) in [7, 11) is 0. The van der Waals surface area contributed by atoms with Crippen LogP contribution < -0.4 is 0 Å². The Labute approximate surface area is 116 Å². The molecule has 0 aliphatic carbocycles. The van der Waals surface area contributed by atoms with Crippen molar-refractivity contribution in [2.24, 2.45) is 5.92 Å². The third-order valence-electron chi connectivity index (χ3n) is 5.16. The van der Waals surface area contributed by atoms with Gasteiger partial charge in [-0.05, 0) is 37.5 Å². The Hall–Kier alpha value is 0.270. The molecule has 0 saturated carbocycles. The zero-order valence-electron chi connectivity index (χ0n) is 12.0. The quantitative estimate of drug-likeness (QED) is 0.760. The van der Waals surface area contributed by atoms with Crippen LogP contribution >= 0.6 is 11.8 Å². The molecule has 0 aromatic carbocycles. The molecule has 3 aliphatic rings. The van der Waals surface area contributed by atoms with E-state index in [1.54, 1.807) is 0 Å². The van der Waals surface area contributed by atoms with Gasteiger partial charge in [0.1, 0.15) is 0 Å². The fourth-order valence-electron chi connectivity index (χ4n) is 4.03. The van der Waals surface area contributed by atoms with Crippen molar-refractivity contribution in [3.8, 4) is 0 Å². The highest BCUT2D eigenvalue weighted by Gasteiger charge is 2.39. The van der Waals surface area contributed by atoms with E-state index < -0.39 is 0 Å². The fourth-order valence-corrected chi connectivity index (χ4v) is 5.26. The van der Waals surface area contributed by atoms with Gasteiger partial charge in [-0.1, -0.05) is 20.3 Å². The first kappa shape index (κ1) is 13.3. The highest BCUT2D eigenvalue weighted by molar-refractivity contribution is 7.99. The minimum absolute atomic E-state index is 0.804. The Morgan fingerprint density at radius 1 is 1.06 bits per heavy atom. The molecule has 3 saturated heterocycles. The van der Waals surface area contributed by atoms with Crippen molar-refractivity contribution in [2.45, 2.75) is 57.7 Å². The molecule has 0 aromatic heterocycles. The van der Waals surface area contributed by atoms with Gasteiger partial charge < -0.3 is 0 Å². The number of hydrogen-bond acceptors (Lipinski definition) is 3. The van der Waals surface area contributed by atoms with E-state index in [2.05, 4.69) is 35.4 Å². The first-order valence-electron chi connectivity index (χ1n) is 7.83. The van der Waals surface area contributed by atoms with E-state index in [1.165, 1.54) is 56.8 Å². The van der Waals surface area contributed by atoms with Crippen molar-refractivity contribution in [1.29, 1.82) is 0 Å². The van der Waals surface area contributed by atoms with E-state index in [0.29, 0.717) is 0 Å². The lowest BCUT2D eigenvalue weighted by Crippen LogP contribution is -2.63. The van der Waals surface area contributed by atoms with Crippen LogP contribution in [0.2, 0.25) is 0 Å². The lowest BCUT2D eigenvalue weighted by molar-refractivity contribution is -0.0248. The van der Waals surface area contributed by atoms with Gasteiger partial charge in [-0.3, -0.25) is 9.80 Å². The smallest absolute Gasteiger partial charge is 0.0250 e. The largest absolute Gasteiger partial charge is 0.298 e. The van der Waals surface area contributed by atoms with E-state index in [9.17, 15) is 0 Å². The lowest BCUT2D eigenvalue weighted by atomic mass is 9.90. The van der Waals surface area contributed by atoms with Crippen LogP contribution in [-0.2, 0) is 0 Å². The van der Waals surface area contributed by atoms with Gasteiger partial charge in [0.25, 0.3) is 0 Å². The van der Waals surface area contributed by atoms with Gasteiger partial charge in [0, 0.05) is 37.0 Å². The molecule has 3 heteroatoms. The lowest BCUT2D eigenvalue weighted by Gasteiger charge is -2.51. The summed E-state index contributed by atoms with van der Waals surface area (Å²) in [6.07, 6.45) is 5.77. The van der Waals surface area contributed by atoms with Gasteiger partial charge in [-0.25, -0.2) is 0 Å². The monoisotopic (exact) mass is 268 g/mol. The summed E-state index contributed by atoms with van der Waals surface area (Å²) in [5.41, 5.74) is 0. The molecule has 104 valence electrons. The predicted molar refractivity (Wildman–Crippen MR) is 80.3 cm³/mol. The average Bonchev–Trinajstić information content (AvgIpc) is 2.91. The SMILES string of the molecule is CC(C)C1CN2CCCCC2CN1C1CCSC1. The van der Waals surface area contributed by atoms with E-state index in [-0.39, 0.29) is 0 Å². The molecule has 3 atom stereocenters. The summed E-state index contributed by atoms with van der Waals surface area (Å²) in [5.74, 6) is 3.58. The molecule has 3 fully saturated rings. The Morgan fingerprint density at radius 2 is 1.94 bits per heavy atom. The Morgan fingerprint density at radius 3 is 2.67 bits per heavy atom. The molecule has 0 aromatic rings. The Kier molecular flexibility index (Phi) is 4.21. The summed E-state index contributed by atoms with van der Waals surface area (Å²) >= 11 is 2.16. The summed E-state index contributed by atoms with van der Waals surface area (Å²) in [6, 6.07) is 2.56. The van der Waals surface area contributed by atoms with Gasteiger partial charge in [-0.15, -0.1) is 0 Å². The van der Waals surface area contributed by atoms with Gasteiger partial charge in [-0.2, -0.15) is 11.8 Å². The number of thioether (sulfide) groups is 1. The number of hydrogen-bond donors (Lipinski definition) is 0. The van der Waals surface area contributed by atoms with Gasteiger partial charge >= 0.3 is 0 Å². The number of piperidine rings is 1. The van der Waals surface area contributed by atoms with Crippen LogP contribution in [0.15, 0.2) is 0 Å². The third-order valence-corrected chi connectivity index (χ3v) is 6.31. The topological polar surface area (TPSA) is 6.48 Å². The maximum absolute atomic E-state index is 2.90. The van der Waals surface area contributed by atoms with Gasteiger partial charge in [0.15, 0.2) is 0 Å². The van der Waals surface area contributed by atoms with Gasteiger partial charge in [0.05, 0.1) is 0 Å². The molecule has 3 unspecified atom stereocenters. The van der Waals surface area contributed by atoms with Crippen molar-refractivity contribution in [1.82, 2.24) is 9.80 Å². The fraction of sp³-hybridized carbons (Fsp3) is 1.00. The number of fused-ring (bicyclic) bond motifs is 1. The number of rotatable bonds is 2. The Bertz CT molecular complexity index is 276. The average molecular weight is 268 g/mol. The van der Waals surface area contributed by atoms with Crippen LogP contribution in [0.1, 0.15) is 39.5 Å². The maximum atomic E-state index is 2.90. The molecule has 18 heavy (non-hydrogen) atoms. The highest BCUT2D eigenvalue weighted by Crippen LogP contribution is 2.32. The second-order valence-corrected chi connectivity index (χ2v) is 7.82. The van der Waals surface area contributed by atoms with Crippen LogP contribution in [0.25, 0.3) is 0 Å². The minimum Gasteiger partial charge on any atom is -0.298 e. The van der Waals surface area contributed by atoms with E-state index in [1.807, 2.05) is 0 Å². The van der Waals surface area contributed by atoms with E-state index in [0.717, 1.165) is 24.0 Å². The number of piperazine rings is 1. The minimum atomic E-state index is 0.804. The summed E-state index contributed by atoms with van der Waals surface area (Å²) in [4.78, 5) is 5.70. The zero-order chi connectivity index (χ0) is 12.5. The number of nitrogens with zero attached hydrogens (tertiary/aromatic N) is 2. The first-order chi connectivity index (χ1) is 8.75. The van der Waals surface area contributed by atoms with E-state index >= 15 is 0 Å². The van der Waals surface area contributed by atoms with Crippen LogP contribution in [0.4, 0.5) is 0 Å². The third kappa shape index (κ3) is 2.59. The molecule has 3 heterocycles. The molecule has 3 rings (SSSR count). The molecule has 0 bridgehead atoms. The second kappa shape index (κ2) is 5.72. The van der Waals surface area contributed by atoms with Gasteiger partial charge in [0.2, 0.25) is 0 Å².